The highest BCUT2D eigenvalue weighted by Crippen LogP contribution is 2.31. The summed E-state index contributed by atoms with van der Waals surface area (Å²) in [5.41, 5.74) is 4.39. The minimum Gasteiger partial charge on any atom is -0.322 e. The standard InChI is InChI=1S/C24H18ClN3O2S.C4H8/c25-21-11-8-18(15-20(21)23-12-7-16-3-1-2-4-22(16)27-23)26-24(29)17-5-9-19(10-6-17)28-13-14-31(28)30;1-3-4-2/h1-12,15H,13-14H2,(H,26,29);3-4H,1-2H3/b;4-3-. The minimum atomic E-state index is -0.947. The number of allylic oxidation sites excluding steroid dienone is 2. The maximum atomic E-state index is 12.7. The van der Waals surface area contributed by atoms with Crippen molar-refractivity contribution in [3.63, 3.8) is 0 Å². The van der Waals surface area contributed by atoms with Crippen LogP contribution < -0.4 is 9.62 Å². The molecule has 3 aromatic carbocycles. The molecule has 1 aromatic heterocycles. The molecule has 1 atom stereocenters. The lowest BCUT2D eigenvalue weighted by Gasteiger charge is -2.31. The molecule has 35 heavy (non-hydrogen) atoms. The number of rotatable bonds is 4. The Hall–Kier alpha value is -3.48. The van der Waals surface area contributed by atoms with Crippen LogP contribution in [0.4, 0.5) is 11.4 Å². The lowest BCUT2D eigenvalue weighted by Crippen LogP contribution is -2.42. The molecule has 1 N–H and O–H groups in total. The van der Waals surface area contributed by atoms with E-state index in [1.54, 1.807) is 24.3 Å². The highest BCUT2D eigenvalue weighted by Gasteiger charge is 2.23. The number of benzene rings is 3. The molecule has 0 aliphatic carbocycles. The van der Waals surface area contributed by atoms with E-state index in [1.165, 1.54) is 0 Å². The Bertz CT molecular complexity index is 1400. The molecule has 1 amide bonds. The number of carbonyl (C=O) groups is 1. The molecular formula is C28H26ClN3O2S. The third kappa shape index (κ3) is 5.78. The van der Waals surface area contributed by atoms with Crippen LogP contribution in [-0.2, 0) is 11.0 Å². The summed E-state index contributed by atoms with van der Waals surface area (Å²) in [5, 5.41) is 4.53. The fourth-order valence-corrected chi connectivity index (χ4v) is 4.59. The fraction of sp³-hybridized carbons (Fsp3) is 0.143. The van der Waals surface area contributed by atoms with E-state index in [1.807, 2.05) is 84.9 Å². The second-order valence-corrected chi connectivity index (χ2v) is 9.78. The molecule has 2 heterocycles. The van der Waals surface area contributed by atoms with Crippen LogP contribution in [0, 0.1) is 0 Å². The van der Waals surface area contributed by atoms with Gasteiger partial charge < -0.3 is 5.32 Å². The first kappa shape index (κ1) is 24.6. The third-order valence-electron chi connectivity index (χ3n) is 5.56. The highest BCUT2D eigenvalue weighted by atomic mass is 35.5. The average Bonchev–Trinajstić information content (AvgIpc) is 2.89. The number of aromatic nitrogens is 1. The predicted molar refractivity (Wildman–Crippen MR) is 147 cm³/mol. The highest BCUT2D eigenvalue weighted by molar-refractivity contribution is 7.88. The van der Waals surface area contributed by atoms with Gasteiger partial charge in [0.25, 0.3) is 5.91 Å². The number of hydrogen-bond donors (Lipinski definition) is 1. The zero-order valence-corrected chi connectivity index (χ0v) is 21.1. The lowest BCUT2D eigenvalue weighted by molar-refractivity contribution is 0.102. The lowest BCUT2D eigenvalue weighted by atomic mass is 10.1. The van der Waals surface area contributed by atoms with Crippen LogP contribution in [0.25, 0.3) is 22.2 Å². The third-order valence-corrected chi connectivity index (χ3v) is 7.31. The first-order valence-electron chi connectivity index (χ1n) is 11.3. The Balaban J connectivity index is 0.000000672. The van der Waals surface area contributed by atoms with E-state index in [2.05, 4.69) is 5.32 Å². The number of halogens is 1. The minimum absolute atomic E-state index is 0.226. The van der Waals surface area contributed by atoms with E-state index < -0.39 is 11.0 Å². The molecule has 0 bridgehead atoms. The smallest absolute Gasteiger partial charge is 0.255 e. The number of para-hydroxylation sites is 1. The molecule has 5 rings (SSSR count). The molecule has 5 nitrogen and oxygen atoms in total. The van der Waals surface area contributed by atoms with Gasteiger partial charge in [0.2, 0.25) is 0 Å². The largest absolute Gasteiger partial charge is 0.322 e. The van der Waals surface area contributed by atoms with Gasteiger partial charge in [-0.15, -0.1) is 0 Å². The van der Waals surface area contributed by atoms with Gasteiger partial charge in [-0.1, -0.05) is 48.0 Å². The van der Waals surface area contributed by atoms with E-state index in [4.69, 9.17) is 16.6 Å². The maximum absolute atomic E-state index is 12.7. The first-order valence-corrected chi connectivity index (χ1v) is 13.0. The van der Waals surface area contributed by atoms with Crippen LogP contribution in [-0.4, -0.2) is 27.4 Å². The van der Waals surface area contributed by atoms with Crippen molar-refractivity contribution in [1.82, 2.24) is 4.98 Å². The van der Waals surface area contributed by atoms with E-state index in [-0.39, 0.29) is 5.91 Å². The first-order chi connectivity index (χ1) is 17.0. The van der Waals surface area contributed by atoms with Gasteiger partial charge >= 0.3 is 0 Å². The van der Waals surface area contributed by atoms with Crippen molar-refractivity contribution in [3.8, 4) is 11.3 Å². The molecule has 1 fully saturated rings. The van der Waals surface area contributed by atoms with Gasteiger partial charge in [0, 0.05) is 34.4 Å². The number of nitrogens with zero attached hydrogens (tertiary/aromatic N) is 2. The monoisotopic (exact) mass is 503 g/mol. The van der Waals surface area contributed by atoms with Crippen LogP contribution in [0.1, 0.15) is 24.2 Å². The zero-order chi connectivity index (χ0) is 24.8. The Labute approximate surface area is 213 Å². The van der Waals surface area contributed by atoms with Gasteiger partial charge in [0.15, 0.2) is 0 Å². The van der Waals surface area contributed by atoms with Crippen molar-refractivity contribution < 1.29 is 9.00 Å². The second-order valence-electron chi connectivity index (χ2n) is 7.88. The van der Waals surface area contributed by atoms with Crippen molar-refractivity contribution in [1.29, 1.82) is 0 Å². The summed E-state index contributed by atoms with van der Waals surface area (Å²) in [6, 6.07) is 24.3. The summed E-state index contributed by atoms with van der Waals surface area (Å²) in [7, 11) is -0.947. The molecule has 1 saturated heterocycles. The maximum Gasteiger partial charge on any atom is 0.255 e. The summed E-state index contributed by atoms with van der Waals surface area (Å²) in [6.45, 7) is 4.77. The van der Waals surface area contributed by atoms with Crippen molar-refractivity contribution in [2.45, 2.75) is 13.8 Å². The molecular weight excluding hydrogens is 478 g/mol. The summed E-state index contributed by atoms with van der Waals surface area (Å²) >= 11 is 6.43. The quantitative estimate of drug-likeness (QED) is 0.309. The van der Waals surface area contributed by atoms with Gasteiger partial charge in [0.1, 0.15) is 11.0 Å². The number of nitrogens with one attached hydrogen (secondary N) is 1. The molecule has 1 aliphatic rings. The number of anilines is 2. The summed E-state index contributed by atoms with van der Waals surface area (Å²) in [4.78, 5) is 17.4. The number of pyridine rings is 1. The molecule has 1 unspecified atom stereocenters. The SMILES string of the molecule is C/C=C\C.O=C(Nc1ccc(Cl)c(-c2ccc3ccccc3n2)c1)c1ccc(N2CCS2=O)cc1. The average molecular weight is 504 g/mol. The predicted octanol–water partition coefficient (Wildman–Crippen LogP) is 6.87. The summed E-state index contributed by atoms with van der Waals surface area (Å²) < 4.78 is 13.5. The van der Waals surface area contributed by atoms with Crippen LogP contribution in [0.15, 0.2) is 91.0 Å². The van der Waals surface area contributed by atoms with Gasteiger partial charge in [-0.25, -0.2) is 9.19 Å². The van der Waals surface area contributed by atoms with E-state index in [0.717, 1.165) is 34.4 Å². The topological polar surface area (TPSA) is 62.3 Å². The van der Waals surface area contributed by atoms with E-state index >= 15 is 0 Å². The van der Waals surface area contributed by atoms with Crippen molar-refractivity contribution in [2.24, 2.45) is 0 Å². The summed E-state index contributed by atoms with van der Waals surface area (Å²) in [6.07, 6.45) is 4.00. The molecule has 178 valence electrons. The van der Waals surface area contributed by atoms with Crippen molar-refractivity contribution in [3.05, 3.63) is 102 Å². The molecule has 4 aromatic rings. The van der Waals surface area contributed by atoms with Crippen LogP contribution in [0.2, 0.25) is 5.02 Å². The number of amides is 1. The Morgan fingerprint density at radius 2 is 1.74 bits per heavy atom. The summed E-state index contributed by atoms with van der Waals surface area (Å²) in [5.74, 6) is 0.462. The van der Waals surface area contributed by atoms with Gasteiger partial charge in [0.05, 0.1) is 22.0 Å². The zero-order valence-electron chi connectivity index (χ0n) is 19.6. The number of fused-ring (bicyclic) bond motifs is 1. The van der Waals surface area contributed by atoms with Crippen LogP contribution in [0.5, 0.6) is 0 Å². The van der Waals surface area contributed by atoms with Gasteiger partial charge in [-0.2, -0.15) is 0 Å². The van der Waals surface area contributed by atoms with Crippen molar-refractivity contribution >= 4 is 50.8 Å². The molecule has 7 heteroatoms. The van der Waals surface area contributed by atoms with Gasteiger partial charge in [-0.3, -0.25) is 9.10 Å². The number of hydrogen-bond acceptors (Lipinski definition) is 3. The van der Waals surface area contributed by atoms with Crippen LogP contribution in [0.3, 0.4) is 0 Å². The normalized spacial score (nSPS) is 14.8. The fourth-order valence-electron chi connectivity index (χ4n) is 3.50. The van der Waals surface area contributed by atoms with E-state index in [0.29, 0.717) is 22.0 Å². The number of carbonyl (C=O) groups excluding carboxylic acids is 1. The molecule has 0 saturated carbocycles. The Morgan fingerprint density at radius 1 is 1.00 bits per heavy atom. The second kappa shape index (κ2) is 11.3. The van der Waals surface area contributed by atoms with Gasteiger partial charge in [-0.05, 0) is 68.4 Å². The van der Waals surface area contributed by atoms with E-state index in [9.17, 15) is 9.00 Å². The Kier molecular flexibility index (Phi) is 7.95. The molecule has 1 aliphatic heterocycles. The molecule has 0 radical (unpaired) electrons. The molecule has 0 spiro atoms. The van der Waals surface area contributed by atoms with Crippen LogP contribution >= 0.6 is 11.6 Å². The Morgan fingerprint density at radius 3 is 2.40 bits per heavy atom. The van der Waals surface area contributed by atoms with Crippen molar-refractivity contribution in [2.75, 3.05) is 21.9 Å².